The van der Waals surface area contributed by atoms with E-state index in [1.807, 2.05) is 36.4 Å². The molecule has 0 saturated carbocycles. The van der Waals surface area contributed by atoms with E-state index in [0.717, 1.165) is 10.1 Å². The molecule has 0 aliphatic rings. The lowest BCUT2D eigenvalue weighted by Crippen LogP contribution is -2.25. The van der Waals surface area contributed by atoms with Crippen LogP contribution in [0.3, 0.4) is 0 Å². The standard InChI is InChI=1S/C21H16Cl2N4O2/c1-12-15(11-24)20(28)27(13(2)14-7-4-3-5-8-14)21(29)19(12)26-25-17-10-6-9-16(22)18(17)23/h3-10,13,28H,1-2H3. The smallest absolute Gasteiger partial charge is 0.282 e. The van der Waals surface area contributed by atoms with Crippen LogP contribution in [0.4, 0.5) is 11.4 Å². The fourth-order valence-corrected chi connectivity index (χ4v) is 3.28. The molecular formula is C21H16Cl2N4O2. The predicted molar refractivity (Wildman–Crippen MR) is 113 cm³/mol. The average Bonchev–Trinajstić information content (AvgIpc) is 2.71. The van der Waals surface area contributed by atoms with E-state index < -0.39 is 17.5 Å². The second-order valence-electron chi connectivity index (χ2n) is 6.32. The molecule has 146 valence electrons. The summed E-state index contributed by atoms with van der Waals surface area (Å²) in [4.78, 5) is 13.1. The van der Waals surface area contributed by atoms with E-state index in [1.165, 1.54) is 6.92 Å². The third-order valence-electron chi connectivity index (χ3n) is 4.57. The Morgan fingerprint density at radius 1 is 1.10 bits per heavy atom. The molecule has 6 nitrogen and oxygen atoms in total. The molecule has 0 aliphatic heterocycles. The van der Waals surface area contributed by atoms with Crippen LogP contribution in [0, 0.1) is 18.3 Å². The van der Waals surface area contributed by atoms with E-state index in [-0.39, 0.29) is 27.5 Å². The maximum atomic E-state index is 13.1. The van der Waals surface area contributed by atoms with Gasteiger partial charge in [-0.1, -0.05) is 59.6 Å². The Morgan fingerprint density at radius 3 is 2.45 bits per heavy atom. The lowest BCUT2D eigenvalue weighted by Gasteiger charge is -2.19. The number of aromatic hydroxyl groups is 1. The van der Waals surface area contributed by atoms with Crippen molar-refractivity contribution in [2.75, 3.05) is 0 Å². The van der Waals surface area contributed by atoms with Gasteiger partial charge in [0.25, 0.3) is 5.56 Å². The van der Waals surface area contributed by atoms with Crippen LogP contribution in [0.5, 0.6) is 5.88 Å². The predicted octanol–water partition coefficient (Wildman–Crippen LogP) is 6.07. The van der Waals surface area contributed by atoms with Gasteiger partial charge in [-0.15, -0.1) is 10.2 Å². The van der Waals surface area contributed by atoms with E-state index in [9.17, 15) is 15.2 Å². The number of hydrogen-bond acceptors (Lipinski definition) is 5. The summed E-state index contributed by atoms with van der Waals surface area (Å²) in [5, 5.41) is 28.7. The number of pyridine rings is 1. The summed E-state index contributed by atoms with van der Waals surface area (Å²) in [5.41, 5.74) is 0.632. The van der Waals surface area contributed by atoms with Gasteiger partial charge in [0.1, 0.15) is 17.3 Å². The molecule has 1 aromatic heterocycles. The molecule has 1 heterocycles. The molecule has 8 heteroatoms. The summed E-state index contributed by atoms with van der Waals surface area (Å²) >= 11 is 12.1. The van der Waals surface area contributed by atoms with Crippen LogP contribution < -0.4 is 5.56 Å². The van der Waals surface area contributed by atoms with Crippen molar-refractivity contribution in [1.29, 1.82) is 5.26 Å². The monoisotopic (exact) mass is 426 g/mol. The fraction of sp³-hybridized carbons (Fsp3) is 0.143. The molecule has 0 radical (unpaired) electrons. The van der Waals surface area contributed by atoms with Crippen LogP contribution in [0.2, 0.25) is 10.0 Å². The molecule has 29 heavy (non-hydrogen) atoms. The maximum absolute atomic E-state index is 13.1. The van der Waals surface area contributed by atoms with E-state index in [2.05, 4.69) is 10.2 Å². The van der Waals surface area contributed by atoms with Crippen LogP contribution in [0.25, 0.3) is 0 Å². The second-order valence-corrected chi connectivity index (χ2v) is 7.10. The van der Waals surface area contributed by atoms with Crippen molar-refractivity contribution in [1.82, 2.24) is 4.57 Å². The summed E-state index contributed by atoms with van der Waals surface area (Å²) in [6.07, 6.45) is 0. The van der Waals surface area contributed by atoms with Gasteiger partial charge < -0.3 is 5.11 Å². The molecule has 1 unspecified atom stereocenters. The average molecular weight is 427 g/mol. The first-order valence-corrected chi connectivity index (χ1v) is 9.41. The molecule has 1 atom stereocenters. The van der Waals surface area contributed by atoms with Gasteiger partial charge in [0.05, 0.1) is 16.1 Å². The van der Waals surface area contributed by atoms with E-state index >= 15 is 0 Å². The van der Waals surface area contributed by atoms with Gasteiger partial charge in [0, 0.05) is 5.56 Å². The fourth-order valence-electron chi connectivity index (χ4n) is 2.94. The first-order valence-electron chi connectivity index (χ1n) is 8.65. The quantitative estimate of drug-likeness (QED) is 0.513. The summed E-state index contributed by atoms with van der Waals surface area (Å²) in [7, 11) is 0. The molecular weight excluding hydrogens is 411 g/mol. The maximum Gasteiger partial charge on any atom is 0.282 e. The molecule has 0 aliphatic carbocycles. The first kappa shape index (κ1) is 20.6. The van der Waals surface area contributed by atoms with Crippen molar-refractivity contribution < 1.29 is 5.11 Å². The molecule has 0 fully saturated rings. The van der Waals surface area contributed by atoms with E-state index in [0.29, 0.717) is 5.02 Å². The third-order valence-corrected chi connectivity index (χ3v) is 5.38. The Hall–Kier alpha value is -3.14. The van der Waals surface area contributed by atoms with Crippen LogP contribution in [-0.4, -0.2) is 9.67 Å². The Morgan fingerprint density at radius 2 is 1.79 bits per heavy atom. The number of halogens is 2. The Balaban J connectivity index is 2.20. The van der Waals surface area contributed by atoms with Gasteiger partial charge in [-0.3, -0.25) is 9.36 Å². The van der Waals surface area contributed by atoms with Gasteiger partial charge in [-0.2, -0.15) is 5.26 Å². The van der Waals surface area contributed by atoms with Gasteiger partial charge in [-0.25, -0.2) is 0 Å². The van der Waals surface area contributed by atoms with Crippen LogP contribution in [0.1, 0.15) is 29.7 Å². The largest absolute Gasteiger partial charge is 0.493 e. The molecule has 0 bridgehead atoms. The van der Waals surface area contributed by atoms with Crippen LogP contribution in [-0.2, 0) is 0 Å². The lowest BCUT2D eigenvalue weighted by atomic mass is 10.1. The number of nitrogens with zero attached hydrogens (tertiary/aromatic N) is 4. The van der Waals surface area contributed by atoms with E-state index in [1.54, 1.807) is 25.1 Å². The van der Waals surface area contributed by atoms with Crippen molar-refractivity contribution in [2.45, 2.75) is 19.9 Å². The van der Waals surface area contributed by atoms with Crippen molar-refractivity contribution in [3.63, 3.8) is 0 Å². The molecule has 2 aromatic carbocycles. The Bertz CT molecular complexity index is 1200. The second kappa shape index (κ2) is 8.48. The van der Waals surface area contributed by atoms with Gasteiger partial charge in [0.2, 0.25) is 5.88 Å². The summed E-state index contributed by atoms with van der Waals surface area (Å²) in [6, 6.07) is 15.4. The van der Waals surface area contributed by atoms with Crippen LogP contribution in [0.15, 0.2) is 63.6 Å². The summed E-state index contributed by atoms with van der Waals surface area (Å²) in [5.74, 6) is -0.411. The molecule has 3 rings (SSSR count). The molecule has 0 amide bonds. The zero-order valence-corrected chi connectivity index (χ0v) is 17.1. The number of azo groups is 1. The zero-order valence-electron chi connectivity index (χ0n) is 15.6. The SMILES string of the molecule is Cc1c(C#N)c(O)n(C(C)c2ccccc2)c(=O)c1N=Nc1cccc(Cl)c1Cl. The summed E-state index contributed by atoms with van der Waals surface area (Å²) < 4.78 is 1.13. The number of hydrogen-bond donors (Lipinski definition) is 1. The van der Waals surface area contributed by atoms with Gasteiger partial charge in [-0.05, 0) is 31.5 Å². The minimum atomic E-state index is -0.572. The number of nitriles is 1. The van der Waals surface area contributed by atoms with Crippen molar-refractivity contribution >= 4 is 34.6 Å². The Labute approximate surface area is 177 Å². The number of benzene rings is 2. The number of aromatic nitrogens is 1. The highest BCUT2D eigenvalue weighted by molar-refractivity contribution is 6.43. The van der Waals surface area contributed by atoms with Crippen molar-refractivity contribution in [3.05, 3.63) is 85.6 Å². The van der Waals surface area contributed by atoms with Crippen molar-refractivity contribution in [3.8, 4) is 11.9 Å². The highest BCUT2D eigenvalue weighted by Gasteiger charge is 2.23. The Kier molecular flexibility index (Phi) is 6.02. The minimum absolute atomic E-state index is 0.0430. The summed E-state index contributed by atoms with van der Waals surface area (Å²) in [6.45, 7) is 3.28. The van der Waals surface area contributed by atoms with Gasteiger partial charge in [0.15, 0.2) is 5.69 Å². The molecule has 0 saturated heterocycles. The number of rotatable bonds is 4. The third kappa shape index (κ3) is 3.88. The molecule has 3 aromatic rings. The topological polar surface area (TPSA) is 90.7 Å². The highest BCUT2D eigenvalue weighted by atomic mass is 35.5. The zero-order chi connectivity index (χ0) is 21.1. The van der Waals surface area contributed by atoms with Crippen LogP contribution >= 0.6 is 23.2 Å². The van der Waals surface area contributed by atoms with Crippen molar-refractivity contribution in [2.24, 2.45) is 10.2 Å². The lowest BCUT2D eigenvalue weighted by molar-refractivity contribution is 0.393. The minimum Gasteiger partial charge on any atom is -0.493 e. The highest BCUT2D eigenvalue weighted by Crippen LogP contribution is 2.34. The molecule has 1 N–H and O–H groups in total. The normalized spacial score (nSPS) is 12.1. The molecule has 0 spiro atoms. The van der Waals surface area contributed by atoms with E-state index in [4.69, 9.17) is 23.2 Å². The van der Waals surface area contributed by atoms with Gasteiger partial charge >= 0.3 is 0 Å². The first-order chi connectivity index (χ1) is 13.9.